The van der Waals surface area contributed by atoms with Gasteiger partial charge in [0.1, 0.15) is 0 Å². The van der Waals surface area contributed by atoms with Crippen LogP contribution in [-0.2, 0) is 16.0 Å². The van der Waals surface area contributed by atoms with Gasteiger partial charge in [0, 0.05) is 19.8 Å². The summed E-state index contributed by atoms with van der Waals surface area (Å²) in [5, 5.41) is 2.98. The molecule has 1 fully saturated rings. The van der Waals surface area contributed by atoms with Crippen LogP contribution in [0.5, 0.6) is 0 Å². The Kier molecular flexibility index (Phi) is 7.87. The third-order valence-corrected chi connectivity index (χ3v) is 4.40. The van der Waals surface area contributed by atoms with Crippen LogP contribution in [-0.4, -0.2) is 31.7 Å². The lowest BCUT2D eigenvalue weighted by Gasteiger charge is -2.26. The first kappa shape index (κ1) is 18.9. The van der Waals surface area contributed by atoms with E-state index in [1.54, 1.807) is 0 Å². The minimum absolute atomic E-state index is 0. The molecule has 1 heterocycles. The molecule has 1 aromatic carbocycles. The first-order valence-corrected chi connectivity index (χ1v) is 7.75. The SMILES string of the molecule is Cc1cccc(C)c1CCNC(=O)C(N)C1CCOCC1.Cl. The van der Waals surface area contributed by atoms with Gasteiger partial charge in [0.2, 0.25) is 5.91 Å². The molecule has 1 aliphatic heterocycles. The highest BCUT2D eigenvalue weighted by Gasteiger charge is 2.26. The van der Waals surface area contributed by atoms with Gasteiger partial charge < -0.3 is 15.8 Å². The summed E-state index contributed by atoms with van der Waals surface area (Å²) in [5.74, 6) is 0.215. The number of aryl methyl sites for hydroxylation is 2. The molecule has 4 nitrogen and oxygen atoms in total. The van der Waals surface area contributed by atoms with E-state index in [9.17, 15) is 4.79 Å². The van der Waals surface area contributed by atoms with Gasteiger partial charge in [-0.1, -0.05) is 18.2 Å². The van der Waals surface area contributed by atoms with Gasteiger partial charge in [-0.2, -0.15) is 0 Å². The van der Waals surface area contributed by atoms with Gasteiger partial charge in [-0.15, -0.1) is 12.4 Å². The summed E-state index contributed by atoms with van der Waals surface area (Å²) >= 11 is 0. The molecule has 124 valence electrons. The summed E-state index contributed by atoms with van der Waals surface area (Å²) in [5.41, 5.74) is 9.93. The average molecular weight is 327 g/mol. The molecule has 2 rings (SSSR count). The van der Waals surface area contributed by atoms with E-state index in [0.717, 1.165) is 19.3 Å². The molecule has 0 aliphatic carbocycles. The number of hydrogen-bond acceptors (Lipinski definition) is 3. The van der Waals surface area contributed by atoms with Crippen molar-refractivity contribution in [3.63, 3.8) is 0 Å². The van der Waals surface area contributed by atoms with Gasteiger partial charge in [-0.05, 0) is 55.7 Å². The van der Waals surface area contributed by atoms with Crippen LogP contribution < -0.4 is 11.1 Å². The van der Waals surface area contributed by atoms with E-state index in [-0.39, 0.29) is 24.2 Å². The molecule has 3 N–H and O–H groups in total. The van der Waals surface area contributed by atoms with Crippen LogP contribution in [0.2, 0.25) is 0 Å². The molecule has 1 saturated heterocycles. The van der Waals surface area contributed by atoms with Crippen molar-refractivity contribution in [2.75, 3.05) is 19.8 Å². The molecular formula is C17H27ClN2O2. The minimum atomic E-state index is -0.410. The van der Waals surface area contributed by atoms with Gasteiger partial charge in [-0.25, -0.2) is 0 Å². The van der Waals surface area contributed by atoms with Crippen LogP contribution in [0.3, 0.4) is 0 Å². The summed E-state index contributed by atoms with van der Waals surface area (Å²) in [6, 6.07) is 5.87. The second-order valence-electron chi connectivity index (χ2n) is 5.89. The molecule has 1 amide bonds. The number of rotatable bonds is 5. The first-order valence-electron chi connectivity index (χ1n) is 7.75. The molecule has 1 atom stereocenters. The Morgan fingerprint density at radius 1 is 1.32 bits per heavy atom. The summed E-state index contributed by atoms with van der Waals surface area (Å²) < 4.78 is 5.31. The van der Waals surface area contributed by atoms with Crippen LogP contribution in [0, 0.1) is 19.8 Å². The maximum absolute atomic E-state index is 12.1. The average Bonchev–Trinajstić information content (AvgIpc) is 2.50. The Hall–Kier alpha value is -1.10. The zero-order chi connectivity index (χ0) is 15.2. The number of benzene rings is 1. The van der Waals surface area contributed by atoms with E-state index in [0.29, 0.717) is 19.8 Å². The van der Waals surface area contributed by atoms with Crippen LogP contribution in [0.1, 0.15) is 29.5 Å². The highest BCUT2D eigenvalue weighted by molar-refractivity contribution is 5.85. The zero-order valence-corrected chi connectivity index (χ0v) is 14.2. The highest BCUT2D eigenvalue weighted by Crippen LogP contribution is 2.18. The third-order valence-electron chi connectivity index (χ3n) is 4.40. The minimum Gasteiger partial charge on any atom is -0.381 e. The van der Waals surface area contributed by atoms with Crippen LogP contribution in [0.25, 0.3) is 0 Å². The Labute approximate surface area is 139 Å². The highest BCUT2D eigenvalue weighted by atomic mass is 35.5. The number of ether oxygens (including phenoxy) is 1. The Balaban J connectivity index is 0.00000242. The number of halogens is 1. The maximum atomic E-state index is 12.1. The quantitative estimate of drug-likeness (QED) is 0.871. The van der Waals surface area contributed by atoms with Crippen LogP contribution in [0.15, 0.2) is 18.2 Å². The van der Waals surface area contributed by atoms with Gasteiger partial charge in [0.15, 0.2) is 0 Å². The molecule has 1 aliphatic rings. The Morgan fingerprint density at radius 3 is 2.50 bits per heavy atom. The largest absolute Gasteiger partial charge is 0.381 e. The van der Waals surface area contributed by atoms with Crippen LogP contribution >= 0.6 is 12.4 Å². The molecule has 0 spiro atoms. The molecule has 0 bridgehead atoms. The molecule has 22 heavy (non-hydrogen) atoms. The topological polar surface area (TPSA) is 64.4 Å². The van der Waals surface area contributed by atoms with E-state index >= 15 is 0 Å². The Morgan fingerprint density at radius 2 is 1.91 bits per heavy atom. The first-order chi connectivity index (χ1) is 10.1. The second kappa shape index (κ2) is 9.13. The fourth-order valence-electron chi connectivity index (χ4n) is 2.96. The third kappa shape index (κ3) is 4.97. The molecular weight excluding hydrogens is 300 g/mol. The van der Waals surface area contributed by atoms with Gasteiger partial charge in [0.05, 0.1) is 6.04 Å². The molecule has 1 unspecified atom stereocenters. The lowest BCUT2D eigenvalue weighted by Crippen LogP contribution is -2.47. The molecule has 1 aromatic rings. The van der Waals surface area contributed by atoms with Crippen molar-refractivity contribution in [2.45, 2.75) is 39.2 Å². The Bertz CT molecular complexity index is 467. The number of nitrogens with one attached hydrogen (secondary N) is 1. The summed E-state index contributed by atoms with van der Waals surface area (Å²) in [4.78, 5) is 12.1. The van der Waals surface area contributed by atoms with Crippen molar-refractivity contribution in [1.82, 2.24) is 5.32 Å². The predicted molar refractivity (Wildman–Crippen MR) is 91.4 cm³/mol. The molecule has 0 radical (unpaired) electrons. The van der Waals surface area contributed by atoms with Crippen LogP contribution in [0.4, 0.5) is 0 Å². The zero-order valence-electron chi connectivity index (χ0n) is 13.4. The maximum Gasteiger partial charge on any atom is 0.237 e. The van der Waals surface area contributed by atoms with E-state index in [1.807, 2.05) is 0 Å². The van der Waals surface area contributed by atoms with E-state index < -0.39 is 6.04 Å². The second-order valence-corrected chi connectivity index (χ2v) is 5.89. The number of carbonyl (C=O) groups is 1. The lowest BCUT2D eigenvalue weighted by molar-refractivity contribution is -0.124. The number of carbonyl (C=O) groups excluding carboxylic acids is 1. The van der Waals surface area contributed by atoms with Crippen molar-refractivity contribution in [3.05, 3.63) is 34.9 Å². The van der Waals surface area contributed by atoms with Gasteiger partial charge in [0.25, 0.3) is 0 Å². The van der Waals surface area contributed by atoms with E-state index in [2.05, 4.69) is 37.4 Å². The molecule has 0 saturated carbocycles. The number of amides is 1. The van der Waals surface area contributed by atoms with E-state index in [4.69, 9.17) is 10.5 Å². The van der Waals surface area contributed by atoms with E-state index in [1.165, 1.54) is 16.7 Å². The summed E-state index contributed by atoms with van der Waals surface area (Å²) in [6.45, 7) is 6.29. The fourth-order valence-corrected chi connectivity index (χ4v) is 2.96. The van der Waals surface area contributed by atoms with Crippen molar-refractivity contribution in [1.29, 1.82) is 0 Å². The van der Waals surface area contributed by atoms with Crippen molar-refractivity contribution >= 4 is 18.3 Å². The number of hydrogen-bond donors (Lipinski definition) is 2. The van der Waals surface area contributed by atoms with Crippen molar-refractivity contribution in [3.8, 4) is 0 Å². The number of nitrogens with two attached hydrogens (primary N) is 1. The molecule has 0 aromatic heterocycles. The fraction of sp³-hybridized carbons (Fsp3) is 0.588. The normalized spacial score (nSPS) is 16.7. The molecule has 5 heteroatoms. The summed E-state index contributed by atoms with van der Waals surface area (Å²) in [7, 11) is 0. The monoisotopic (exact) mass is 326 g/mol. The van der Waals surface area contributed by atoms with Gasteiger partial charge >= 0.3 is 0 Å². The standard InChI is InChI=1S/C17H26N2O2.ClH/c1-12-4-3-5-13(2)15(12)6-9-19-17(20)16(18)14-7-10-21-11-8-14;/h3-5,14,16H,6-11,18H2,1-2H3,(H,19,20);1H. The van der Waals surface area contributed by atoms with Gasteiger partial charge in [-0.3, -0.25) is 4.79 Å². The lowest BCUT2D eigenvalue weighted by atomic mass is 9.92. The predicted octanol–water partition coefficient (Wildman–Crippen LogP) is 2.14. The smallest absolute Gasteiger partial charge is 0.237 e. The summed E-state index contributed by atoms with van der Waals surface area (Å²) in [6.07, 6.45) is 2.61. The van der Waals surface area contributed by atoms with Crippen molar-refractivity contribution < 1.29 is 9.53 Å². The van der Waals surface area contributed by atoms with Crippen molar-refractivity contribution in [2.24, 2.45) is 11.7 Å².